The van der Waals surface area contributed by atoms with Crippen molar-refractivity contribution in [1.82, 2.24) is 0 Å². The van der Waals surface area contributed by atoms with Crippen molar-refractivity contribution in [2.45, 2.75) is 5.92 Å². The molecule has 7 nitrogen and oxygen atoms in total. The summed E-state index contributed by atoms with van der Waals surface area (Å²) in [4.78, 5) is 12.4. The molecule has 0 fully saturated rings. The molecule has 1 heterocycles. The Morgan fingerprint density at radius 1 is 1.03 bits per heavy atom. The van der Waals surface area contributed by atoms with Gasteiger partial charge in [0.2, 0.25) is 5.88 Å². The van der Waals surface area contributed by atoms with Gasteiger partial charge in [-0.1, -0.05) is 12.1 Å². The van der Waals surface area contributed by atoms with Gasteiger partial charge in [0.15, 0.2) is 11.5 Å². The van der Waals surface area contributed by atoms with Crippen molar-refractivity contribution in [3.05, 3.63) is 94.6 Å². The van der Waals surface area contributed by atoms with Gasteiger partial charge in [-0.2, -0.15) is 5.26 Å². The van der Waals surface area contributed by atoms with Gasteiger partial charge in [-0.25, -0.2) is 9.18 Å². The highest BCUT2D eigenvalue weighted by Gasteiger charge is 2.31. The highest BCUT2D eigenvalue weighted by molar-refractivity contribution is 5.91. The van der Waals surface area contributed by atoms with Gasteiger partial charge in [-0.05, 0) is 48.0 Å². The van der Waals surface area contributed by atoms with Crippen LogP contribution in [0, 0.1) is 17.1 Å². The first-order valence-electron chi connectivity index (χ1n) is 9.86. The Morgan fingerprint density at radius 2 is 1.76 bits per heavy atom. The maximum Gasteiger partial charge on any atom is 0.343 e. The lowest BCUT2D eigenvalue weighted by atomic mass is 9.83. The van der Waals surface area contributed by atoms with Gasteiger partial charge in [0.05, 0.1) is 25.7 Å². The summed E-state index contributed by atoms with van der Waals surface area (Å²) in [6.45, 7) is 0. The summed E-state index contributed by atoms with van der Waals surface area (Å²) in [5.41, 5.74) is 7.90. The zero-order valence-corrected chi connectivity index (χ0v) is 17.8. The van der Waals surface area contributed by atoms with Crippen molar-refractivity contribution in [2.24, 2.45) is 5.73 Å². The molecule has 0 unspecified atom stereocenters. The third-order valence-corrected chi connectivity index (χ3v) is 5.22. The smallest absolute Gasteiger partial charge is 0.343 e. The Kier molecular flexibility index (Phi) is 5.87. The second-order valence-corrected chi connectivity index (χ2v) is 7.14. The number of nitrogens with two attached hydrogens (primary N) is 1. The lowest BCUT2D eigenvalue weighted by Crippen LogP contribution is -2.21. The molecule has 0 amide bonds. The topological polar surface area (TPSA) is 104 Å². The summed E-state index contributed by atoms with van der Waals surface area (Å²) in [5.74, 6) is -0.0741. The number of nitriles is 1. The van der Waals surface area contributed by atoms with Crippen LogP contribution in [0.15, 0.2) is 72.1 Å². The van der Waals surface area contributed by atoms with E-state index in [4.69, 9.17) is 24.7 Å². The highest BCUT2D eigenvalue weighted by Crippen LogP contribution is 2.45. The SMILES string of the molecule is COc1ccc([C@@H]2C(C#N)=C(N)Oc3cc(OC(=O)c4ccc(F)cc4)ccc32)cc1OC. The molecule has 4 rings (SSSR count). The van der Waals surface area contributed by atoms with E-state index in [0.29, 0.717) is 22.8 Å². The summed E-state index contributed by atoms with van der Waals surface area (Å²) >= 11 is 0. The average molecular weight is 446 g/mol. The molecule has 0 saturated carbocycles. The van der Waals surface area contributed by atoms with Crippen LogP contribution in [0.3, 0.4) is 0 Å². The molecule has 0 aliphatic carbocycles. The van der Waals surface area contributed by atoms with Crippen molar-refractivity contribution < 1.29 is 28.1 Å². The van der Waals surface area contributed by atoms with Crippen LogP contribution in [0.2, 0.25) is 0 Å². The molecular weight excluding hydrogens is 427 g/mol. The van der Waals surface area contributed by atoms with Crippen LogP contribution in [0.25, 0.3) is 0 Å². The first-order valence-corrected chi connectivity index (χ1v) is 9.86. The summed E-state index contributed by atoms with van der Waals surface area (Å²) in [6, 6.07) is 17.3. The van der Waals surface area contributed by atoms with E-state index >= 15 is 0 Å². The van der Waals surface area contributed by atoms with Crippen LogP contribution in [0.4, 0.5) is 4.39 Å². The van der Waals surface area contributed by atoms with E-state index in [1.165, 1.54) is 44.6 Å². The molecule has 0 saturated heterocycles. The molecule has 0 bridgehead atoms. The molecule has 166 valence electrons. The normalized spacial score (nSPS) is 14.5. The van der Waals surface area contributed by atoms with Gasteiger partial charge < -0.3 is 24.7 Å². The van der Waals surface area contributed by atoms with Crippen molar-refractivity contribution in [1.29, 1.82) is 5.26 Å². The van der Waals surface area contributed by atoms with Crippen LogP contribution in [-0.4, -0.2) is 20.2 Å². The van der Waals surface area contributed by atoms with Crippen LogP contribution < -0.4 is 24.7 Å². The number of halogens is 1. The lowest BCUT2D eigenvalue weighted by molar-refractivity contribution is 0.0734. The van der Waals surface area contributed by atoms with Crippen molar-refractivity contribution >= 4 is 5.97 Å². The number of allylic oxidation sites excluding steroid dienone is 1. The number of ether oxygens (including phenoxy) is 4. The monoisotopic (exact) mass is 446 g/mol. The van der Waals surface area contributed by atoms with Gasteiger partial charge in [0.1, 0.15) is 29.0 Å². The number of nitrogens with zero attached hydrogens (tertiary/aromatic N) is 1. The summed E-state index contributed by atoms with van der Waals surface area (Å²) in [7, 11) is 3.06. The van der Waals surface area contributed by atoms with E-state index in [2.05, 4.69) is 6.07 Å². The molecular formula is C25H19FN2O5. The molecule has 33 heavy (non-hydrogen) atoms. The largest absolute Gasteiger partial charge is 0.493 e. The molecule has 0 radical (unpaired) electrons. The van der Waals surface area contributed by atoms with Crippen LogP contribution >= 0.6 is 0 Å². The number of methoxy groups -OCH3 is 2. The molecule has 3 aromatic carbocycles. The number of fused-ring (bicyclic) bond motifs is 1. The third-order valence-electron chi connectivity index (χ3n) is 5.22. The first-order chi connectivity index (χ1) is 15.9. The van der Waals surface area contributed by atoms with E-state index in [-0.39, 0.29) is 22.8 Å². The lowest BCUT2D eigenvalue weighted by Gasteiger charge is -2.27. The molecule has 8 heteroatoms. The van der Waals surface area contributed by atoms with Crippen LogP contribution in [0.1, 0.15) is 27.4 Å². The number of esters is 1. The number of hydrogen-bond acceptors (Lipinski definition) is 7. The van der Waals surface area contributed by atoms with E-state index in [9.17, 15) is 14.4 Å². The number of rotatable bonds is 5. The zero-order chi connectivity index (χ0) is 23.5. The fourth-order valence-electron chi connectivity index (χ4n) is 3.63. The predicted molar refractivity (Wildman–Crippen MR) is 117 cm³/mol. The Morgan fingerprint density at radius 3 is 2.42 bits per heavy atom. The fraction of sp³-hybridized carbons (Fsp3) is 0.120. The predicted octanol–water partition coefficient (Wildman–Crippen LogP) is 4.28. The Balaban J connectivity index is 1.71. The van der Waals surface area contributed by atoms with E-state index in [1.54, 1.807) is 24.3 Å². The zero-order valence-electron chi connectivity index (χ0n) is 17.8. The van der Waals surface area contributed by atoms with Gasteiger partial charge in [0, 0.05) is 11.6 Å². The molecule has 3 aromatic rings. The van der Waals surface area contributed by atoms with Gasteiger partial charge >= 0.3 is 5.97 Å². The molecule has 2 N–H and O–H groups in total. The van der Waals surface area contributed by atoms with E-state index < -0.39 is 17.7 Å². The van der Waals surface area contributed by atoms with E-state index in [0.717, 1.165) is 5.56 Å². The Labute approximate surface area is 189 Å². The highest BCUT2D eigenvalue weighted by atomic mass is 19.1. The maximum atomic E-state index is 13.1. The van der Waals surface area contributed by atoms with Gasteiger partial charge in [0.25, 0.3) is 0 Å². The second kappa shape index (κ2) is 8.93. The minimum absolute atomic E-state index is 0.0493. The van der Waals surface area contributed by atoms with Gasteiger partial charge in [-0.15, -0.1) is 0 Å². The number of carbonyl (C=O) groups is 1. The molecule has 1 aliphatic heterocycles. The van der Waals surface area contributed by atoms with Crippen molar-refractivity contribution in [3.8, 4) is 29.1 Å². The molecule has 0 aromatic heterocycles. The minimum atomic E-state index is -0.650. The molecule has 1 atom stereocenters. The summed E-state index contributed by atoms with van der Waals surface area (Å²) in [5, 5.41) is 9.75. The third kappa shape index (κ3) is 4.16. The number of hydrogen-bond donors (Lipinski definition) is 1. The standard InChI is InChI=1S/C25H19FN2O5/c1-30-20-10-5-15(11-22(20)31-2)23-18-9-8-17(12-21(18)33-24(28)19(23)13-27)32-25(29)14-3-6-16(26)7-4-14/h3-12,23H,28H2,1-2H3/t23-/m0/s1. The van der Waals surface area contributed by atoms with Crippen molar-refractivity contribution in [3.63, 3.8) is 0 Å². The van der Waals surface area contributed by atoms with Gasteiger partial charge in [-0.3, -0.25) is 0 Å². The average Bonchev–Trinajstić information content (AvgIpc) is 2.83. The number of benzene rings is 3. The van der Waals surface area contributed by atoms with Crippen LogP contribution in [0.5, 0.6) is 23.0 Å². The molecule has 1 aliphatic rings. The summed E-state index contributed by atoms with van der Waals surface area (Å²) < 4.78 is 34.9. The first kappa shape index (κ1) is 21.7. The second-order valence-electron chi connectivity index (χ2n) is 7.14. The molecule has 0 spiro atoms. The van der Waals surface area contributed by atoms with Crippen molar-refractivity contribution in [2.75, 3.05) is 14.2 Å². The maximum absolute atomic E-state index is 13.1. The van der Waals surface area contributed by atoms with E-state index in [1.807, 2.05) is 6.07 Å². The minimum Gasteiger partial charge on any atom is -0.493 e. The quantitative estimate of drug-likeness (QED) is 0.461. The Bertz CT molecular complexity index is 1300. The number of carbonyl (C=O) groups excluding carboxylic acids is 1. The fourth-order valence-corrected chi connectivity index (χ4v) is 3.63. The van der Waals surface area contributed by atoms with Crippen LogP contribution in [-0.2, 0) is 0 Å². The summed E-state index contributed by atoms with van der Waals surface area (Å²) in [6.07, 6.45) is 0. The Hall–Kier alpha value is -4.51.